The van der Waals surface area contributed by atoms with E-state index in [1.54, 1.807) is 11.3 Å². The summed E-state index contributed by atoms with van der Waals surface area (Å²) in [4.78, 5) is 4.56. The van der Waals surface area contributed by atoms with Crippen molar-refractivity contribution in [2.45, 2.75) is 12.8 Å². The zero-order chi connectivity index (χ0) is 11.4. The molecule has 0 fully saturated rings. The first-order chi connectivity index (χ1) is 7.79. The maximum Gasteiger partial charge on any atom is 0.0933 e. The first kappa shape index (κ1) is 11.6. The van der Waals surface area contributed by atoms with Gasteiger partial charge in [0.2, 0.25) is 0 Å². The molecular weight excluding hydrogens is 240 g/mol. The quantitative estimate of drug-likeness (QED) is 0.906. The smallest absolute Gasteiger partial charge is 0.0933 e. The Labute approximate surface area is 104 Å². The molecule has 1 aromatic carbocycles. The van der Waals surface area contributed by atoms with Crippen LogP contribution in [0.15, 0.2) is 29.6 Å². The van der Waals surface area contributed by atoms with Gasteiger partial charge in [-0.2, -0.15) is 0 Å². The topological polar surface area (TPSA) is 38.9 Å². The second-order valence-electron chi connectivity index (χ2n) is 3.53. The summed E-state index contributed by atoms with van der Waals surface area (Å²) in [5.41, 5.74) is 7.55. The maximum atomic E-state index is 5.94. The molecule has 0 saturated heterocycles. The van der Waals surface area contributed by atoms with Gasteiger partial charge in [0.1, 0.15) is 0 Å². The van der Waals surface area contributed by atoms with Gasteiger partial charge in [0.05, 0.1) is 10.7 Å². The number of hydrogen-bond donors (Lipinski definition) is 1. The van der Waals surface area contributed by atoms with Crippen molar-refractivity contribution in [3.8, 4) is 11.3 Å². The monoisotopic (exact) mass is 252 g/mol. The van der Waals surface area contributed by atoms with Crippen molar-refractivity contribution in [1.82, 2.24) is 4.98 Å². The lowest BCUT2D eigenvalue weighted by Gasteiger charge is -1.96. The minimum Gasteiger partial charge on any atom is -0.330 e. The highest BCUT2D eigenvalue weighted by molar-refractivity contribution is 7.09. The van der Waals surface area contributed by atoms with E-state index >= 15 is 0 Å². The SMILES string of the molecule is NCCCc1nc(-c2cccc(Cl)c2)cs1. The van der Waals surface area contributed by atoms with E-state index in [2.05, 4.69) is 10.4 Å². The summed E-state index contributed by atoms with van der Waals surface area (Å²) < 4.78 is 0. The predicted molar refractivity (Wildman–Crippen MR) is 69.9 cm³/mol. The number of aryl methyl sites for hydroxylation is 1. The molecule has 1 heterocycles. The van der Waals surface area contributed by atoms with Crippen molar-refractivity contribution in [3.05, 3.63) is 39.7 Å². The third-order valence-electron chi connectivity index (χ3n) is 2.27. The van der Waals surface area contributed by atoms with Gasteiger partial charge in [-0.3, -0.25) is 0 Å². The lowest BCUT2D eigenvalue weighted by molar-refractivity contribution is 0.827. The summed E-state index contributed by atoms with van der Waals surface area (Å²) in [6, 6.07) is 7.76. The lowest BCUT2D eigenvalue weighted by atomic mass is 10.2. The van der Waals surface area contributed by atoms with Crippen molar-refractivity contribution in [2.75, 3.05) is 6.54 Å². The summed E-state index contributed by atoms with van der Waals surface area (Å²) in [6.07, 6.45) is 1.95. The normalized spacial score (nSPS) is 10.6. The van der Waals surface area contributed by atoms with Crippen LogP contribution in [0.4, 0.5) is 0 Å². The van der Waals surface area contributed by atoms with Crippen LogP contribution >= 0.6 is 22.9 Å². The number of halogens is 1. The van der Waals surface area contributed by atoms with Gasteiger partial charge in [-0.15, -0.1) is 11.3 Å². The molecule has 0 aliphatic carbocycles. The highest BCUT2D eigenvalue weighted by Gasteiger charge is 2.04. The van der Waals surface area contributed by atoms with Crippen LogP contribution in [-0.2, 0) is 6.42 Å². The van der Waals surface area contributed by atoms with Gasteiger partial charge in [-0.05, 0) is 25.1 Å². The molecule has 0 amide bonds. The van der Waals surface area contributed by atoms with Crippen molar-refractivity contribution in [2.24, 2.45) is 5.73 Å². The molecule has 0 atom stereocenters. The van der Waals surface area contributed by atoms with E-state index in [1.807, 2.05) is 24.3 Å². The number of benzene rings is 1. The number of nitrogens with two attached hydrogens (primary N) is 1. The predicted octanol–water partition coefficient (Wildman–Crippen LogP) is 3.35. The summed E-state index contributed by atoms with van der Waals surface area (Å²) in [5.74, 6) is 0. The molecular formula is C12H13ClN2S. The van der Waals surface area contributed by atoms with Crippen molar-refractivity contribution >= 4 is 22.9 Å². The van der Waals surface area contributed by atoms with E-state index in [0.29, 0.717) is 6.54 Å². The second kappa shape index (κ2) is 5.43. The van der Waals surface area contributed by atoms with E-state index in [1.165, 1.54) is 0 Å². The molecule has 0 aliphatic rings. The summed E-state index contributed by atoms with van der Waals surface area (Å²) in [7, 11) is 0. The standard InChI is InChI=1S/C12H13ClN2S/c13-10-4-1-3-9(7-10)11-8-16-12(15-11)5-2-6-14/h1,3-4,7-8H,2,5-6,14H2. The minimum atomic E-state index is 0.714. The van der Waals surface area contributed by atoms with E-state index in [-0.39, 0.29) is 0 Å². The average Bonchev–Trinajstić information content (AvgIpc) is 2.75. The van der Waals surface area contributed by atoms with E-state index in [0.717, 1.165) is 34.1 Å². The Morgan fingerprint density at radius 3 is 3.00 bits per heavy atom. The fraction of sp³-hybridized carbons (Fsp3) is 0.250. The minimum absolute atomic E-state index is 0.714. The molecule has 2 nitrogen and oxygen atoms in total. The Morgan fingerprint density at radius 2 is 2.25 bits per heavy atom. The van der Waals surface area contributed by atoms with Gasteiger partial charge >= 0.3 is 0 Å². The number of aromatic nitrogens is 1. The second-order valence-corrected chi connectivity index (χ2v) is 4.91. The third kappa shape index (κ3) is 2.82. The molecule has 0 unspecified atom stereocenters. The number of hydrogen-bond acceptors (Lipinski definition) is 3. The zero-order valence-corrected chi connectivity index (χ0v) is 10.4. The van der Waals surface area contributed by atoms with Crippen LogP contribution in [0, 0.1) is 0 Å². The van der Waals surface area contributed by atoms with Crippen LogP contribution in [0.2, 0.25) is 5.02 Å². The largest absolute Gasteiger partial charge is 0.330 e. The molecule has 2 aromatic rings. The molecule has 0 bridgehead atoms. The molecule has 84 valence electrons. The van der Waals surface area contributed by atoms with Crippen LogP contribution in [0.3, 0.4) is 0 Å². The Morgan fingerprint density at radius 1 is 1.38 bits per heavy atom. The highest BCUT2D eigenvalue weighted by Crippen LogP contribution is 2.24. The Hall–Kier alpha value is -0.900. The average molecular weight is 253 g/mol. The van der Waals surface area contributed by atoms with Crippen molar-refractivity contribution in [1.29, 1.82) is 0 Å². The maximum absolute atomic E-state index is 5.94. The highest BCUT2D eigenvalue weighted by atomic mass is 35.5. The summed E-state index contributed by atoms with van der Waals surface area (Å²) >= 11 is 7.62. The van der Waals surface area contributed by atoms with E-state index in [4.69, 9.17) is 17.3 Å². The van der Waals surface area contributed by atoms with Crippen LogP contribution in [-0.4, -0.2) is 11.5 Å². The molecule has 0 aliphatic heterocycles. The molecule has 0 radical (unpaired) electrons. The fourth-order valence-electron chi connectivity index (χ4n) is 1.46. The molecule has 4 heteroatoms. The van der Waals surface area contributed by atoms with Crippen LogP contribution < -0.4 is 5.73 Å². The molecule has 1 aromatic heterocycles. The van der Waals surface area contributed by atoms with Crippen LogP contribution in [0.5, 0.6) is 0 Å². The van der Waals surface area contributed by atoms with Gasteiger partial charge in [-0.1, -0.05) is 23.7 Å². The fourth-order valence-corrected chi connectivity index (χ4v) is 2.50. The Kier molecular flexibility index (Phi) is 3.93. The van der Waals surface area contributed by atoms with Crippen molar-refractivity contribution < 1.29 is 0 Å². The van der Waals surface area contributed by atoms with E-state index < -0.39 is 0 Å². The first-order valence-corrected chi connectivity index (χ1v) is 6.46. The Balaban J connectivity index is 2.18. The van der Waals surface area contributed by atoms with Crippen LogP contribution in [0.25, 0.3) is 11.3 Å². The summed E-state index contributed by atoms with van der Waals surface area (Å²) in [6.45, 7) is 0.714. The van der Waals surface area contributed by atoms with Crippen LogP contribution in [0.1, 0.15) is 11.4 Å². The number of rotatable bonds is 4. The summed E-state index contributed by atoms with van der Waals surface area (Å²) in [5, 5.41) is 3.95. The zero-order valence-electron chi connectivity index (χ0n) is 8.82. The lowest BCUT2D eigenvalue weighted by Crippen LogP contribution is -1.99. The number of thiazole rings is 1. The molecule has 2 rings (SSSR count). The first-order valence-electron chi connectivity index (χ1n) is 5.20. The van der Waals surface area contributed by atoms with Gasteiger partial charge < -0.3 is 5.73 Å². The molecule has 0 spiro atoms. The number of nitrogens with zero attached hydrogens (tertiary/aromatic N) is 1. The van der Waals surface area contributed by atoms with Gasteiger partial charge in [0.25, 0.3) is 0 Å². The molecule has 0 saturated carbocycles. The Bertz CT molecular complexity index is 468. The molecule has 16 heavy (non-hydrogen) atoms. The third-order valence-corrected chi connectivity index (χ3v) is 3.41. The van der Waals surface area contributed by atoms with Crippen molar-refractivity contribution in [3.63, 3.8) is 0 Å². The van der Waals surface area contributed by atoms with Gasteiger partial charge in [0.15, 0.2) is 0 Å². The molecule has 2 N–H and O–H groups in total. The van der Waals surface area contributed by atoms with E-state index in [9.17, 15) is 0 Å². The van der Waals surface area contributed by atoms with Gasteiger partial charge in [0, 0.05) is 22.4 Å². The van der Waals surface area contributed by atoms with Gasteiger partial charge in [-0.25, -0.2) is 4.98 Å².